The summed E-state index contributed by atoms with van der Waals surface area (Å²) in [5.41, 5.74) is 13.2. The third-order valence-corrected chi connectivity index (χ3v) is 14.2. The van der Waals surface area contributed by atoms with Gasteiger partial charge in [0.25, 0.3) is 0 Å². The van der Waals surface area contributed by atoms with Crippen molar-refractivity contribution in [3.05, 3.63) is 235 Å². The molecule has 1 atom stereocenters. The molecular weight excluding hydrogens is 829 g/mol. The second-order valence-corrected chi connectivity index (χ2v) is 18.1. The van der Waals surface area contributed by atoms with Gasteiger partial charge in [0, 0.05) is 60.6 Å². The van der Waals surface area contributed by atoms with E-state index >= 15 is 0 Å². The molecule has 0 fully saturated rings. The molecule has 0 aliphatic carbocycles. The molecule has 14 rings (SSSR count). The van der Waals surface area contributed by atoms with Crippen LogP contribution in [0.25, 0.3) is 104 Å². The monoisotopic (exact) mass is 870 g/mol. The number of aliphatic imine (C=N–C) groups is 2. The van der Waals surface area contributed by atoms with Crippen LogP contribution in [0.4, 0.5) is 0 Å². The Morgan fingerprint density at radius 2 is 1.07 bits per heavy atom. The average Bonchev–Trinajstić information content (AvgIpc) is 4.05. The molecule has 0 amide bonds. The number of hydrogen-bond acceptors (Lipinski definition) is 3. The van der Waals surface area contributed by atoms with E-state index in [0.717, 1.165) is 94.3 Å². The van der Waals surface area contributed by atoms with Gasteiger partial charge in [0.2, 0.25) is 0 Å². The zero-order valence-electron chi connectivity index (χ0n) is 37.3. The van der Waals surface area contributed by atoms with Crippen LogP contribution < -0.4 is 0 Å². The fraction of sp³-hybridized carbons (Fsp3) is 0.0476. The fourth-order valence-corrected chi connectivity index (χ4v) is 11.0. The normalized spacial score (nSPS) is 15.4. The van der Waals surface area contributed by atoms with Gasteiger partial charge in [0.1, 0.15) is 5.58 Å². The molecule has 0 bridgehead atoms. The first kappa shape index (κ1) is 38.5. The smallest absolute Gasteiger partial charge is 0.160 e. The minimum absolute atomic E-state index is 0.0212. The number of furan rings is 1. The number of fused-ring (bicyclic) bond motifs is 11. The fourth-order valence-electron chi connectivity index (χ4n) is 11.0. The zero-order chi connectivity index (χ0) is 44.9. The summed E-state index contributed by atoms with van der Waals surface area (Å²) in [7, 11) is 0. The lowest BCUT2D eigenvalue weighted by atomic mass is 9.90. The zero-order valence-corrected chi connectivity index (χ0v) is 37.3. The summed E-state index contributed by atoms with van der Waals surface area (Å²) >= 11 is 0. The number of para-hydroxylation sites is 4. The molecule has 13 aromatic rings. The Labute approximate surface area is 391 Å². The quantitative estimate of drug-likeness (QED) is 0.170. The highest BCUT2D eigenvalue weighted by molar-refractivity contribution is 6.26. The van der Waals surface area contributed by atoms with Gasteiger partial charge in [-0.2, -0.15) is 0 Å². The summed E-state index contributed by atoms with van der Waals surface area (Å²) in [5, 5.41) is 11.5. The van der Waals surface area contributed by atoms with Gasteiger partial charge in [-0.1, -0.05) is 165 Å². The SMILES string of the molecule is CC1C/C=C(\c2ccc3c(oc4ccccc43)c2-n2c3ccccc3c3cc4ccccc4cc32)N=C(c2cccc3ccccc23)N=C1c1cccc2c1c1ccccc1n2-c1ccccc1. The van der Waals surface area contributed by atoms with Gasteiger partial charge in [-0.05, 0) is 88.6 Å². The second-order valence-electron chi connectivity index (χ2n) is 18.1. The van der Waals surface area contributed by atoms with Gasteiger partial charge in [0.05, 0.1) is 39.2 Å². The Hall–Kier alpha value is -8.80. The Morgan fingerprint density at radius 3 is 1.91 bits per heavy atom. The van der Waals surface area contributed by atoms with E-state index in [-0.39, 0.29) is 5.92 Å². The van der Waals surface area contributed by atoms with Gasteiger partial charge in [-0.15, -0.1) is 0 Å². The number of nitrogens with zero attached hydrogens (tertiary/aromatic N) is 4. The third kappa shape index (κ3) is 5.82. The highest BCUT2D eigenvalue weighted by Gasteiger charge is 2.27. The lowest BCUT2D eigenvalue weighted by molar-refractivity contribution is 0.666. The lowest BCUT2D eigenvalue weighted by Gasteiger charge is -2.21. The minimum Gasteiger partial charge on any atom is -0.454 e. The van der Waals surface area contributed by atoms with Gasteiger partial charge in [-0.3, -0.25) is 0 Å². The molecule has 0 N–H and O–H groups in total. The average molecular weight is 871 g/mol. The Kier molecular flexibility index (Phi) is 8.56. The number of rotatable bonds is 5. The molecule has 0 spiro atoms. The molecule has 1 unspecified atom stereocenters. The summed E-state index contributed by atoms with van der Waals surface area (Å²) in [6.07, 6.45) is 3.05. The van der Waals surface area contributed by atoms with Crippen LogP contribution in [0.2, 0.25) is 0 Å². The maximum Gasteiger partial charge on any atom is 0.160 e. The van der Waals surface area contributed by atoms with Crippen molar-refractivity contribution in [2.45, 2.75) is 13.3 Å². The number of amidine groups is 1. The molecule has 5 nitrogen and oxygen atoms in total. The van der Waals surface area contributed by atoms with Gasteiger partial charge in [0.15, 0.2) is 11.4 Å². The Balaban J connectivity index is 1.07. The van der Waals surface area contributed by atoms with Crippen molar-refractivity contribution in [2.75, 3.05) is 0 Å². The predicted molar refractivity (Wildman–Crippen MR) is 285 cm³/mol. The lowest BCUT2D eigenvalue weighted by Crippen LogP contribution is -2.17. The first-order chi connectivity index (χ1) is 33.7. The maximum atomic E-state index is 7.03. The first-order valence-corrected chi connectivity index (χ1v) is 23.5. The van der Waals surface area contributed by atoms with Gasteiger partial charge in [-0.25, -0.2) is 9.98 Å². The Bertz CT molecular complexity index is 4310. The summed E-state index contributed by atoms with van der Waals surface area (Å²) < 4.78 is 11.8. The summed E-state index contributed by atoms with van der Waals surface area (Å²) in [6, 6.07) is 76.0. The van der Waals surface area contributed by atoms with E-state index in [0.29, 0.717) is 12.3 Å². The number of benzene rings is 10. The van der Waals surface area contributed by atoms with E-state index in [9.17, 15) is 0 Å². The number of hydrogen-bond donors (Lipinski definition) is 0. The van der Waals surface area contributed by atoms with Crippen LogP contribution in [0.15, 0.2) is 233 Å². The van der Waals surface area contributed by atoms with E-state index < -0.39 is 0 Å². The van der Waals surface area contributed by atoms with Crippen LogP contribution in [0.3, 0.4) is 0 Å². The van der Waals surface area contributed by atoms with E-state index in [4.69, 9.17) is 14.4 Å². The number of aromatic nitrogens is 2. The molecule has 68 heavy (non-hydrogen) atoms. The van der Waals surface area contributed by atoms with Crippen LogP contribution in [0.5, 0.6) is 0 Å². The van der Waals surface area contributed by atoms with Crippen LogP contribution in [0.1, 0.15) is 30.0 Å². The first-order valence-electron chi connectivity index (χ1n) is 23.5. The molecule has 3 aromatic heterocycles. The predicted octanol–water partition coefficient (Wildman–Crippen LogP) is 16.4. The third-order valence-electron chi connectivity index (χ3n) is 14.2. The highest BCUT2D eigenvalue weighted by atomic mass is 16.3. The largest absolute Gasteiger partial charge is 0.454 e. The maximum absolute atomic E-state index is 7.03. The standard InChI is InChI=1S/C63H42N4O/c1-39-33-36-53(49-35-34-47-46-25-11-14-32-58(46)68-62(47)61(49)67-54-29-12-9-24-45(54)52-37-41-18-5-6-19-42(41)38-57(52)67)64-63(48-27-15-20-40-17-7-8-23-44(40)48)65-60(39)51-28-16-31-56-59(51)50-26-10-13-30-55(50)66(56)43-21-3-2-4-22-43/h2-32,34-39H,33H2,1H3/b53-36+,64-63?,65-60?. The molecule has 0 saturated carbocycles. The van der Waals surface area contributed by atoms with Crippen molar-refractivity contribution in [3.63, 3.8) is 0 Å². The van der Waals surface area contributed by atoms with Crippen LogP contribution in [-0.2, 0) is 0 Å². The molecule has 1 aliphatic rings. The molecule has 0 saturated heterocycles. The van der Waals surface area contributed by atoms with Gasteiger partial charge >= 0.3 is 0 Å². The molecule has 4 heterocycles. The summed E-state index contributed by atoms with van der Waals surface area (Å²) in [6.45, 7) is 2.32. The van der Waals surface area contributed by atoms with Crippen LogP contribution >= 0.6 is 0 Å². The molecule has 0 radical (unpaired) electrons. The van der Waals surface area contributed by atoms with Crippen LogP contribution in [-0.4, -0.2) is 20.7 Å². The minimum atomic E-state index is 0.0212. The molecule has 320 valence electrons. The molecule has 1 aliphatic heterocycles. The van der Waals surface area contributed by atoms with Crippen LogP contribution in [0, 0.1) is 5.92 Å². The van der Waals surface area contributed by atoms with E-state index in [1.54, 1.807) is 0 Å². The molecule has 10 aromatic carbocycles. The van der Waals surface area contributed by atoms with Crippen molar-refractivity contribution in [1.29, 1.82) is 0 Å². The second kappa shape index (κ2) is 15.1. The van der Waals surface area contributed by atoms with Crippen molar-refractivity contribution in [1.82, 2.24) is 9.13 Å². The molecule has 5 heteroatoms. The summed E-state index contributed by atoms with van der Waals surface area (Å²) in [5.74, 6) is 0.690. The van der Waals surface area contributed by atoms with E-state index in [1.165, 1.54) is 32.3 Å². The van der Waals surface area contributed by atoms with Crippen molar-refractivity contribution in [2.24, 2.45) is 15.9 Å². The summed E-state index contributed by atoms with van der Waals surface area (Å²) in [4.78, 5) is 11.6. The Morgan fingerprint density at radius 1 is 0.441 bits per heavy atom. The highest BCUT2D eigenvalue weighted by Crippen LogP contribution is 2.44. The van der Waals surface area contributed by atoms with Crippen molar-refractivity contribution < 1.29 is 4.42 Å². The number of allylic oxidation sites excluding steroid dienone is 1. The van der Waals surface area contributed by atoms with Crippen molar-refractivity contribution >= 4 is 104 Å². The topological polar surface area (TPSA) is 47.7 Å². The molecular formula is C63H42N4O. The van der Waals surface area contributed by atoms with Gasteiger partial charge < -0.3 is 13.6 Å². The van der Waals surface area contributed by atoms with E-state index in [1.807, 2.05) is 6.07 Å². The van der Waals surface area contributed by atoms with Crippen molar-refractivity contribution in [3.8, 4) is 11.4 Å². The van der Waals surface area contributed by atoms with E-state index in [2.05, 4.69) is 228 Å².